The summed E-state index contributed by atoms with van der Waals surface area (Å²) in [5.74, 6) is -1.07. The minimum Gasteiger partial charge on any atom is -0.550 e. The van der Waals surface area contributed by atoms with Gasteiger partial charge in [0.1, 0.15) is 0 Å². The van der Waals surface area contributed by atoms with Crippen LogP contribution in [0.1, 0.15) is 5.56 Å². The minimum absolute atomic E-state index is 0.0614. The van der Waals surface area contributed by atoms with Crippen molar-refractivity contribution in [2.45, 2.75) is 6.42 Å². The molecule has 0 unspecified atom stereocenters. The molecule has 1 aromatic carbocycles. The third kappa shape index (κ3) is 2.45. The van der Waals surface area contributed by atoms with Gasteiger partial charge in [0.2, 0.25) is 0 Å². The third-order valence-electron chi connectivity index (χ3n) is 2.27. The van der Waals surface area contributed by atoms with Gasteiger partial charge in [-0.15, -0.1) is 0 Å². The SMILES string of the molecule is O=C([O-])Cc1cccc(-c2cccnc2)c1. The fourth-order valence-corrected chi connectivity index (χ4v) is 1.56. The maximum Gasteiger partial charge on any atom is 0.0458 e. The van der Waals surface area contributed by atoms with Crippen LogP contribution in [0.5, 0.6) is 0 Å². The average molecular weight is 212 g/mol. The zero-order valence-corrected chi connectivity index (χ0v) is 8.59. The second kappa shape index (κ2) is 4.57. The monoisotopic (exact) mass is 212 g/mol. The number of aromatic nitrogens is 1. The fourth-order valence-electron chi connectivity index (χ4n) is 1.56. The molecule has 80 valence electrons. The minimum atomic E-state index is -1.07. The van der Waals surface area contributed by atoms with E-state index >= 15 is 0 Å². The highest BCUT2D eigenvalue weighted by Gasteiger charge is 1.99. The van der Waals surface area contributed by atoms with E-state index in [1.807, 2.05) is 30.3 Å². The maximum absolute atomic E-state index is 10.5. The lowest BCUT2D eigenvalue weighted by Crippen LogP contribution is -2.24. The molecule has 0 radical (unpaired) electrons. The van der Waals surface area contributed by atoms with Gasteiger partial charge in [-0.2, -0.15) is 0 Å². The summed E-state index contributed by atoms with van der Waals surface area (Å²) in [5.41, 5.74) is 2.68. The van der Waals surface area contributed by atoms with Crippen molar-refractivity contribution in [2.75, 3.05) is 0 Å². The van der Waals surface area contributed by atoms with E-state index in [2.05, 4.69) is 4.98 Å². The number of carbonyl (C=O) groups is 1. The van der Waals surface area contributed by atoms with Crippen molar-refractivity contribution in [2.24, 2.45) is 0 Å². The number of hydrogen-bond donors (Lipinski definition) is 0. The first-order valence-electron chi connectivity index (χ1n) is 4.95. The number of carboxylic acids is 1. The zero-order valence-electron chi connectivity index (χ0n) is 8.59. The molecule has 0 aliphatic carbocycles. The molecule has 0 fully saturated rings. The van der Waals surface area contributed by atoms with Crippen molar-refractivity contribution in [3.05, 3.63) is 54.4 Å². The highest BCUT2D eigenvalue weighted by Crippen LogP contribution is 2.19. The molecule has 0 spiro atoms. The lowest BCUT2D eigenvalue weighted by atomic mass is 10.0. The van der Waals surface area contributed by atoms with Crippen LogP contribution in [-0.2, 0) is 11.2 Å². The van der Waals surface area contributed by atoms with E-state index in [0.29, 0.717) is 0 Å². The molecule has 3 nitrogen and oxygen atoms in total. The van der Waals surface area contributed by atoms with Crippen LogP contribution >= 0.6 is 0 Å². The van der Waals surface area contributed by atoms with E-state index < -0.39 is 5.97 Å². The number of rotatable bonds is 3. The molecule has 2 rings (SSSR count). The Balaban J connectivity index is 2.33. The molecule has 0 aliphatic heterocycles. The molecule has 0 amide bonds. The normalized spacial score (nSPS) is 10.0. The Morgan fingerprint density at radius 2 is 2.00 bits per heavy atom. The van der Waals surface area contributed by atoms with Crippen LogP contribution in [0.3, 0.4) is 0 Å². The predicted molar refractivity (Wildman–Crippen MR) is 58.4 cm³/mol. The van der Waals surface area contributed by atoms with Gasteiger partial charge in [0.05, 0.1) is 0 Å². The summed E-state index contributed by atoms with van der Waals surface area (Å²) in [4.78, 5) is 14.5. The predicted octanol–water partition coefficient (Wildman–Crippen LogP) is 1.04. The van der Waals surface area contributed by atoms with Crippen molar-refractivity contribution in [1.82, 2.24) is 4.98 Å². The molecule has 0 saturated heterocycles. The summed E-state index contributed by atoms with van der Waals surface area (Å²) in [6.45, 7) is 0. The molecule has 0 bridgehead atoms. The summed E-state index contributed by atoms with van der Waals surface area (Å²) in [6.07, 6.45) is 3.39. The largest absolute Gasteiger partial charge is 0.550 e. The molecule has 0 N–H and O–H groups in total. The second-order valence-corrected chi connectivity index (χ2v) is 3.49. The van der Waals surface area contributed by atoms with Gasteiger partial charge in [0.25, 0.3) is 0 Å². The molecular weight excluding hydrogens is 202 g/mol. The van der Waals surface area contributed by atoms with E-state index in [9.17, 15) is 9.90 Å². The van der Waals surface area contributed by atoms with E-state index in [4.69, 9.17) is 0 Å². The Kier molecular flexibility index (Phi) is 2.96. The van der Waals surface area contributed by atoms with E-state index in [-0.39, 0.29) is 6.42 Å². The Morgan fingerprint density at radius 1 is 1.19 bits per heavy atom. The van der Waals surface area contributed by atoms with Crippen LogP contribution in [0, 0.1) is 0 Å². The molecule has 0 aliphatic rings. The van der Waals surface area contributed by atoms with Gasteiger partial charge < -0.3 is 9.90 Å². The first-order chi connectivity index (χ1) is 7.75. The van der Waals surface area contributed by atoms with Gasteiger partial charge >= 0.3 is 0 Å². The Bertz CT molecular complexity index is 494. The molecule has 2 aromatic rings. The number of hydrogen-bond acceptors (Lipinski definition) is 3. The number of nitrogens with zero attached hydrogens (tertiary/aromatic N) is 1. The number of carboxylic acid groups (broad SMARTS) is 1. The summed E-state index contributed by atoms with van der Waals surface area (Å²) in [6, 6.07) is 11.2. The highest BCUT2D eigenvalue weighted by atomic mass is 16.4. The third-order valence-corrected chi connectivity index (χ3v) is 2.27. The lowest BCUT2D eigenvalue weighted by Gasteiger charge is -2.05. The molecule has 0 atom stereocenters. The lowest BCUT2D eigenvalue weighted by molar-refractivity contribution is -0.304. The fraction of sp³-hybridized carbons (Fsp3) is 0.0769. The summed E-state index contributed by atoms with van der Waals surface area (Å²) < 4.78 is 0. The van der Waals surface area contributed by atoms with Crippen LogP contribution in [0.15, 0.2) is 48.8 Å². The number of pyridine rings is 1. The standard InChI is InChI=1S/C13H11NO2/c15-13(16)8-10-3-1-4-11(7-10)12-5-2-6-14-9-12/h1-7,9H,8H2,(H,15,16)/p-1. The molecule has 0 saturated carbocycles. The second-order valence-electron chi connectivity index (χ2n) is 3.49. The number of benzene rings is 1. The average Bonchev–Trinajstić information content (AvgIpc) is 2.30. The molecule has 1 aromatic heterocycles. The van der Waals surface area contributed by atoms with Gasteiger partial charge in [0.15, 0.2) is 0 Å². The maximum atomic E-state index is 10.5. The first kappa shape index (κ1) is 10.4. The summed E-state index contributed by atoms with van der Waals surface area (Å²) in [7, 11) is 0. The van der Waals surface area contributed by atoms with Crippen LogP contribution in [0.2, 0.25) is 0 Å². The highest BCUT2D eigenvalue weighted by molar-refractivity contribution is 5.70. The molecular formula is C13H10NO2-. The van der Waals surface area contributed by atoms with Crippen molar-refractivity contribution in [1.29, 1.82) is 0 Å². The van der Waals surface area contributed by atoms with Crippen LogP contribution in [0.4, 0.5) is 0 Å². The van der Waals surface area contributed by atoms with Gasteiger partial charge in [-0.1, -0.05) is 30.3 Å². The van der Waals surface area contributed by atoms with Gasteiger partial charge in [-0.3, -0.25) is 4.98 Å². The Hall–Kier alpha value is -2.16. The zero-order chi connectivity index (χ0) is 11.4. The van der Waals surface area contributed by atoms with Crippen molar-refractivity contribution in [3.63, 3.8) is 0 Å². The van der Waals surface area contributed by atoms with Gasteiger partial charge in [-0.05, 0) is 22.8 Å². The number of carbonyl (C=O) groups excluding carboxylic acids is 1. The Morgan fingerprint density at radius 3 is 2.69 bits per heavy atom. The van der Waals surface area contributed by atoms with Crippen LogP contribution in [-0.4, -0.2) is 11.0 Å². The molecule has 16 heavy (non-hydrogen) atoms. The van der Waals surface area contributed by atoms with E-state index in [1.54, 1.807) is 18.5 Å². The van der Waals surface area contributed by atoms with Gasteiger partial charge in [0, 0.05) is 24.8 Å². The van der Waals surface area contributed by atoms with Gasteiger partial charge in [-0.25, -0.2) is 0 Å². The summed E-state index contributed by atoms with van der Waals surface area (Å²) >= 11 is 0. The van der Waals surface area contributed by atoms with Crippen molar-refractivity contribution >= 4 is 5.97 Å². The smallest absolute Gasteiger partial charge is 0.0458 e. The van der Waals surface area contributed by atoms with E-state index in [1.165, 1.54) is 0 Å². The van der Waals surface area contributed by atoms with Crippen LogP contribution in [0.25, 0.3) is 11.1 Å². The molecule has 3 heteroatoms. The van der Waals surface area contributed by atoms with Crippen molar-refractivity contribution in [3.8, 4) is 11.1 Å². The topological polar surface area (TPSA) is 53.0 Å². The summed E-state index contributed by atoms with van der Waals surface area (Å²) in [5, 5.41) is 10.5. The van der Waals surface area contributed by atoms with Crippen molar-refractivity contribution < 1.29 is 9.90 Å². The quantitative estimate of drug-likeness (QED) is 0.763. The Labute approximate surface area is 93.4 Å². The molecule has 1 heterocycles. The first-order valence-corrected chi connectivity index (χ1v) is 4.95. The van der Waals surface area contributed by atoms with E-state index in [0.717, 1.165) is 16.7 Å². The van der Waals surface area contributed by atoms with Crippen LogP contribution < -0.4 is 5.11 Å². The number of aliphatic carboxylic acids is 1.